The smallest absolute Gasteiger partial charge is 0.102 e. The molecule has 0 aliphatic heterocycles. The van der Waals surface area contributed by atoms with Gasteiger partial charge in [-0.25, -0.2) is 0 Å². The maximum absolute atomic E-state index is 9.14. The van der Waals surface area contributed by atoms with Crippen LogP contribution in [-0.4, -0.2) is 6.54 Å². The van der Waals surface area contributed by atoms with E-state index in [0.717, 1.165) is 29.8 Å². The maximum Gasteiger partial charge on any atom is 0.102 e. The lowest BCUT2D eigenvalue weighted by Gasteiger charge is -2.19. The Hall–Kier alpha value is -1.75. The molecule has 0 bridgehead atoms. The van der Waals surface area contributed by atoms with Gasteiger partial charge in [0, 0.05) is 6.54 Å². The fourth-order valence-corrected chi connectivity index (χ4v) is 2.26. The molecule has 0 amide bonds. The highest BCUT2D eigenvalue weighted by atomic mass is 14.9. The van der Waals surface area contributed by atoms with Gasteiger partial charge in [-0.15, -0.1) is 0 Å². The summed E-state index contributed by atoms with van der Waals surface area (Å²) in [4.78, 5) is 0. The molecule has 1 aromatic rings. The van der Waals surface area contributed by atoms with Crippen molar-refractivity contribution in [1.82, 2.24) is 0 Å². The van der Waals surface area contributed by atoms with Gasteiger partial charge in [0.15, 0.2) is 0 Å². The molecule has 1 unspecified atom stereocenters. The Bertz CT molecular complexity index is 454. The van der Waals surface area contributed by atoms with E-state index in [-0.39, 0.29) is 0 Å². The molecule has 2 nitrogen and oxygen atoms in total. The van der Waals surface area contributed by atoms with Crippen molar-refractivity contribution >= 4 is 5.69 Å². The van der Waals surface area contributed by atoms with Crippen molar-refractivity contribution in [1.29, 1.82) is 5.26 Å². The van der Waals surface area contributed by atoms with Crippen molar-refractivity contribution in [3.63, 3.8) is 0 Å². The summed E-state index contributed by atoms with van der Waals surface area (Å²) in [5.41, 5.74) is 2.79. The van der Waals surface area contributed by atoms with Crippen LogP contribution in [0.2, 0.25) is 0 Å². The summed E-state index contributed by atoms with van der Waals surface area (Å²) in [6.07, 6.45) is 8.10. The Morgan fingerprint density at radius 2 is 2.29 bits per heavy atom. The maximum atomic E-state index is 9.14. The molecule has 1 aliphatic rings. The molecule has 0 radical (unpaired) electrons. The second-order valence-electron chi connectivity index (χ2n) is 4.64. The van der Waals surface area contributed by atoms with E-state index in [1.165, 1.54) is 12.8 Å². The molecule has 2 rings (SSSR count). The van der Waals surface area contributed by atoms with E-state index in [2.05, 4.69) is 23.5 Å². The second kappa shape index (κ2) is 5.54. The standard InChI is InChI=1S/C15H18N2/c1-12-6-5-9-15(14(12)10-16)17-11-13-7-3-2-4-8-13/h2-3,5-6,9,13,17H,4,7-8,11H2,1H3. The van der Waals surface area contributed by atoms with E-state index >= 15 is 0 Å². The van der Waals surface area contributed by atoms with Gasteiger partial charge in [-0.1, -0.05) is 24.3 Å². The van der Waals surface area contributed by atoms with E-state index in [9.17, 15) is 0 Å². The summed E-state index contributed by atoms with van der Waals surface area (Å²) in [6.45, 7) is 2.94. The Labute approximate surface area is 103 Å². The summed E-state index contributed by atoms with van der Waals surface area (Å²) in [5.74, 6) is 0.701. The van der Waals surface area contributed by atoms with E-state index in [4.69, 9.17) is 5.26 Å². The number of hydrogen-bond donors (Lipinski definition) is 1. The summed E-state index contributed by atoms with van der Waals surface area (Å²) in [7, 11) is 0. The van der Waals surface area contributed by atoms with Crippen molar-refractivity contribution in [3.8, 4) is 6.07 Å². The molecule has 0 saturated carbocycles. The minimum absolute atomic E-state index is 0.701. The number of rotatable bonds is 3. The van der Waals surface area contributed by atoms with Gasteiger partial charge in [0.2, 0.25) is 0 Å². The fraction of sp³-hybridized carbons (Fsp3) is 0.400. The molecule has 88 valence electrons. The van der Waals surface area contributed by atoms with Gasteiger partial charge in [-0.3, -0.25) is 0 Å². The fourth-order valence-electron chi connectivity index (χ4n) is 2.26. The lowest BCUT2D eigenvalue weighted by molar-refractivity contribution is 0.504. The van der Waals surface area contributed by atoms with Crippen LogP contribution >= 0.6 is 0 Å². The first-order valence-corrected chi connectivity index (χ1v) is 6.20. The molecule has 1 N–H and O–H groups in total. The molecule has 2 heteroatoms. The third kappa shape index (κ3) is 2.88. The number of nitrogens with one attached hydrogen (secondary N) is 1. The molecule has 0 fully saturated rings. The van der Waals surface area contributed by atoms with Gasteiger partial charge >= 0.3 is 0 Å². The van der Waals surface area contributed by atoms with Crippen LogP contribution in [0.15, 0.2) is 30.4 Å². The third-order valence-electron chi connectivity index (χ3n) is 3.34. The van der Waals surface area contributed by atoms with Crippen LogP contribution in [0.1, 0.15) is 30.4 Å². The van der Waals surface area contributed by atoms with Crippen molar-refractivity contribution < 1.29 is 0 Å². The molecule has 17 heavy (non-hydrogen) atoms. The second-order valence-corrected chi connectivity index (χ2v) is 4.64. The molecule has 0 aromatic heterocycles. The summed E-state index contributed by atoms with van der Waals surface area (Å²) < 4.78 is 0. The van der Waals surface area contributed by atoms with Crippen molar-refractivity contribution in [2.24, 2.45) is 5.92 Å². The molecule has 0 spiro atoms. The lowest BCUT2D eigenvalue weighted by atomic mass is 9.94. The van der Waals surface area contributed by atoms with Crippen LogP contribution in [0, 0.1) is 24.2 Å². The number of allylic oxidation sites excluding steroid dienone is 2. The van der Waals surface area contributed by atoms with E-state index in [0.29, 0.717) is 5.92 Å². The zero-order valence-electron chi connectivity index (χ0n) is 10.2. The van der Waals surface area contributed by atoms with Crippen LogP contribution in [0.4, 0.5) is 5.69 Å². The average molecular weight is 226 g/mol. The quantitative estimate of drug-likeness (QED) is 0.799. The molecule has 1 aliphatic carbocycles. The highest BCUT2D eigenvalue weighted by molar-refractivity contribution is 5.60. The van der Waals surface area contributed by atoms with Gasteiger partial charge in [-0.05, 0) is 43.7 Å². The Balaban J connectivity index is 2.01. The minimum Gasteiger partial charge on any atom is -0.384 e. The van der Waals surface area contributed by atoms with Crippen LogP contribution in [0.25, 0.3) is 0 Å². The predicted molar refractivity (Wildman–Crippen MR) is 70.9 cm³/mol. The zero-order valence-corrected chi connectivity index (χ0v) is 10.2. The predicted octanol–water partition coefficient (Wildman–Crippen LogP) is 3.63. The summed E-state index contributed by atoms with van der Waals surface area (Å²) in [6, 6.07) is 8.24. The number of benzene rings is 1. The molecule has 1 aromatic carbocycles. The monoisotopic (exact) mass is 226 g/mol. The van der Waals surface area contributed by atoms with E-state index < -0.39 is 0 Å². The van der Waals surface area contributed by atoms with Gasteiger partial charge in [0.05, 0.1) is 11.3 Å². The van der Waals surface area contributed by atoms with E-state index in [1.54, 1.807) is 0 Å². The van der Waals surface area contributed by atoms with Crippen molar-refractivity contribution in [2.75, 3.05) is 11.9 Å². The zero-order chi connectivity index (χ0) is 12.1. The first-order valence-electron chi connectivity index (χ1n) is 6.20. The molecule has 1 atom stereocenters. The van der Waals surface area contributed by atoms with Crippen LogP contribution < -0.4 is 5.32 Å². The number of nitriles is 1. The number of nitrogens with zero attached hydrogens (tertiary/aromatic N) is 1. The molecule has 0 saturated heterocycles. The number of anilines is 1. The summed E-state index contributed by atoms with van der Waals surface area (Å²) in [5, 5.41) is 12.6. The van der Waals surface area contributed by atoms with Gasteiger partial charge in [0.1, 0.15) is 6.07 Å². The summed E-state index contributed by atoms with van der Waals surface area (Å²) >= 11 is 0. The number of aryl methyl sites for hydroxylation is 1. The normalized spacial score (nSPS) is 18.7. The van der Waals surface area contributed by atoms with Crippen molar-refractivity contribution in [2.45, 2.75) is 26.2 Å². The van der Waals surface area contributed by atoms with Gasteiger partial charge in [-0.2, -0.15) is 5.26 Å². The highest BCUT2D eigenvalue weighted by Crippen LogP contribution is 2.22. The molecule has 0 heterocycles. The number of hydrogen-bond acceptors (Lipinski definition) is 2. The van der Waals surface area contributed by atoms with Crippen LogP contribution in [-0.2, 0) is 0 Å². The first-order chi connectivity index (χ1) is 8.31. The third-order valence-corrected chi connectivity index (χ3v) is 3.34. The van der Waals surface area contributed by atoms with Crippen LogP contribution in [0.3, 0.4) is 0 Å². The van der Waals surface area contributed by atoms with Crippen LogP contribution in [0.5, 0.6) is 0 Å². The van der Waals surface area contributed by atoms with Crippen molar-refractivity contribution in [3.05, 3.63) is 41.5 Å². The first kappa shape index (κ1) is 11.7. The molecular formula is C15H18N2. The van der Waals surface area contributed by atoms with Gasteiger partial charge < -0.3 is 5.32 Å². The SMILES string of the molecule is Cc1cccc(NCC2CC=CCC2)c1C#N. The average Bonchev–Trinajstić information content (AvgIpc) is 2.37. The lowest BCUT2D eigenvalue weighted by Crippen LogP contribution is -2.16. The molecular weight excluding hydrogens is 208 g/mol. The Morgan fingerprint density at radius 1 is 1.41 bits per heavy atom. The van der Waals surface area contributed by atoms with E-state index in [1.807, 2.05) is 25.1 Å². The van der Waals surface area contributed by atoms with Gasteiger partial charge in [0.25, 0.3) is 0 Å². The highest BCUT2D eigenvalue weighted by Gasteiger charge is 2.11. The largest absolute Gasteiger partial charge is 0.384 e. The Kier molecular flexibility index (Phi) is 3.82. The topological polar surface area (TPSA) is 35.8 Å². The Morgan fingerprint density at radius 3 is 3.00 bits per heavy atom. The minimum atomic E-state index is 0.701.